The van der Waals surface area contributed by atoms with Crippen molar-refractivity contribution in [2.45, 2.75) is 13.5 Å². The van der Waals surface area contributed by atoms with Crippen LogP contribution >= 0.6 is 0 Å². The third-order valence-electron chi connectivity index (χ3n) is 3.21. The highest BCUT2D eigenvalue weighted by atomic mass is 19.1. The second-order valence-electron chi connectivity index (χ2n) is 4.78. The molecule has 0 atom stereocenters. The van der Waals surface area contributed by atoms with Crippen molar-refractivity contribution in [3.8, 4) is 0 Å². The topological polar surface area (TPSA) is 56.4 Å². The Bertz CT molecular complexity index is 878. The molecule has 2 aromatic heterocycles. The summed E-state index contributed by atoms with van der Waals surface area (Å²) in [6.45, 7) is 1.70. The fraction of sp³-hybridized carbons (Fsp3) is 0.133. The maximum Gasteiger partial charge on any atom is 0.276 e. The van der Waals surface area contributed by atoms with E-state index in [1.807, 2.05) is 0 Å². The lowest BCUT2D eigenvalue weighted by atomic mass is 10.1. The van der Waals surface area contributed by atoms with Crippen LogP contribution in [0.2, 0.25) is 0 Å². The van der Waals surface area contributed by atoms with Crippen LogP contribution in [-0.2, 0) is 6.54 Å². The number of Topliss-reactive ketones (excluding diaryl/α,β-unsaturated/α-hetero) is 1. The Morgan fingerprint density at radius 3 is 2.67 bits per heavy atom. The number of carbonyl (C=O) groups is 1. The molecule has 3 rings (SSSR count). The summed E-state index contributed by atoms with van der Waals surface area (Å²) in [5, 5.41) is 4.14. The largest absolute Gasteiger partial charge is 0.304 e. The quantitative estimate of drug-likeness (QED) is 0.690. The summed E-state index contributed by atoms with van der Waals surface area (Å²) in [6.07, 6.45) is 3.14. The first-order valence-electron chi connectivity index (χ1n) is 6.39. The molecular formula is C15H12FN3O2. The molecule has 0 fully saturated rings. The van der Waals surface area contributed by atoms with Crippen molar-refractivity contribution >= 4 is 11.3 Å². The maximum atomic E-state index is 12.8. The number of carbonyl (C=O) groups excluding carboxylic acids is 1. The van der Waals surface area contributed by atoms with Crippen molar-refractivity contribution in [3.63, 3.8) is 0 Å². The third-order valence-corrected chi connectivity index (χ3v) is 3.21. The van der Waals surface area contributed by atoms with E-state index in [-0.39, 0.29) is 17.9 Å². The second kappa shape index (κ2) is 4.97. The first-order chi connectivity index (χ1) is 10.0. The predicted molar refractivity (Wildman–Crippen MR) is 74.9 cm³/mol. The molecule has 0 saturated carbocycles. The molecule has 0 radical (unpaired) electrons. The van der Waals surface area contributed by atoms with Crippen molar-refractivity contribution < 1.29 is 9.18 Å². The van der Waals surface area contributed by atoms with Crippen molar-refractivity contribution in [2.24, 2.45) is 0 Å². The molecule has 0 aliphatic heterocycles. The minimum absolute atomic E-state index is 0.0921. The van der Waals surface area contributed by atoms with Crippen molar-refractivity contribution in [1.29, 1.82) is 0 Å². The van der Waals surface area contributed by atoms with E-state index in [0.717, 1.165) is 5.69 Å². The number of ketones is 1. The minimum Gasteiger partial charge on any atom is -0.304 e. The van der Waals surface area contributed by atoms with Gasteiger partial charge < -0.3 is 4.57 Å². The van der Waals surface area contributed by atoms with Crippen LogP contribution in [0.25, 0.3) is 5.52 Å². The highest BCUT2D eigenvalue weighted by Gasteiger charge is 2.10. The summed E-state index contributed by atoms with van der Waals surface area (Å²) < 4.78 is 15.6. The van der Waals surface area contributed by atoms with Crippen LogP contribution in [-0.4, -0.2) is 20.0 Å². The Kier molecular flexibility index (Phi) is 3.13. The lowest BCUT2D eigenvalue weighted by Crippen LogP contribution is -2.25. The number of fused-ring (bicyclic) bond motifs is 1. The van der Waals surface area contributed by atoms with Gasteiger partial charge in [-0.1, -0.05) is 0 Å². The molecule has 0 bridgehead atoms. The van der Waals surface area contributed by atoms with Crippen molar-refractivity contribution in [1.82, 2.24) is 14.2 Å². The Hall–Kier alpha value is -2.76. The fourth-order valence-corrected chi connectivity index (χ4v) is 2.15. The first kappa shape index (κ1) is 13.2. The molecule has 0 saturated heterocycles. The molecule has 0 aliphatic rings. The molecule has 5 nitrogen and oxygen atoms in total. The molecule has 0 N–H and O–H groups in total. The number of nitrogens with zero attached hydrogens (tertiary/aromatic N) is 3. The van der Waals surface area contributed by atoms with Crippen molar-refractivity contribution in [2.75, 3.05) is 0 Å². The monoisotopic (exact) mass is 285 g/mol. The Morgan fingerprint density at radius 2 is 1.95 bits per heavy atom. The molecule has 0 aliphatic carbocycles. The van der Waals surface area contributed by atoms with Crippen LogP contribution in [0.1, 0.15) is 16.1 Å². The average molecular weight is 285 g/mol. The molecule has 0 spiro atoms. The maximum absolute atomic E-state index is 12.8. The zero-order valence-electron chi connectivity index (χ0n) is 11.3. The zero-order valence-corrected chi connectivity index (χ0v) is 11.3. The minimum atomic E-state index is -0.403. The molecule has 106 valence electrons. The van der Waals surface area contributed by atoms with Crippen LogP contribution in [0.3, 0.4) is 0 Å². The number of aromatic nitrogens is 3. The van der Waals surface area contributed by atoms with Gasteiger partial charge in [-0.15, -0.1) is 0 Å². The highest BCUT2D eigenvalue weighted by Crippen LogP contribution is 2.05. The van der Waals surface area contributed by atoms with Gasteiger partial charge >= 0.3 is 0 Å². The number of rotatable bonds is 3. The Balaban J connectivity index is 1.94. The van der Waals surface area contributed by atoms with Gasteiger partial charge in [0, 0.05) is 18.0 Å². The van der Waals surface area contributed by atoms with E-state index >= 15 is 0 Å². The normalized spacial score (nSPS) is 11.0. The van der Waals surface area contributed by atoms with Gasteiger partial charge in [-0.2, -0.15) is 5.10 Å². The predicted octanol–water partition coefficient (Wildman–Crippen LogP) is 1.83. The molecule has 0 unspecified atom stereocenters. The second-order valence-corrected chi connectivity index (χ2v) is 4.78. The van der Waals surface area contributed by atoms with E-state index in [4.69, 9.17) is 0 Å². The summed E-state index contributed by atoms with van der Waals surface area (Å²) in [5.41, 5.74) is 1.23. The lowest BCUT2D eigenvalue weighted by Gasteiger charge is -2.05. The fourth-order valence-electron chi connectivity index (χ4n) is 2.15. The SMILES string of the molecule is Cc1cc2c(=O)n(CC(=O)c3ccc(F)cc3)ccn2n1. The molecule has 0 amide bonds. The average Bonchev–Trinajstić information content (AvgIpc) is 2.84. The van der Waals surface area contributed by atoms with Crippen LogP contribution in [0.15, 0.2) is 47.5 Å². The number of benzene rings is 1. The Labute approximate surface area is 119 Å². The standard InChI is InChI=1S/C15H12FN3O2/c1-10-8-13-15(21)18(6-7-19(13)17-10)9-14(20)11-2-4-12(16)5-3-11/h2-8H,9H2,1H3. The number of halogens is 1. The highest BCUT2D eigenvalue weighted by molar-refractivity contribution is 5.95. The summed E-state index contributed by atoms with van der Waals surface area (Å²) in [7, 11) is 0. The van der Waals surface area contributed by atoms with Gasteiger partial charge in [0.15, 0.2) is 5.78 Å². The van der Waals surface area contributed by atoms with Crippen LogP contribution < -0.4 is 5.56 Å². The van der Waals surface area contributed by atoms with Gasteiger partial charge in [0.2, 0.25) is 0 Å². The van der Waals surface area contributed by atoms with Gasteiger partial charge in [-0.25, -0.2) is 8.91 Å². The van der Waals surface area contributed by atoms with Crippen LogP contribution in [0.4, 0.5) is 4.39 Å². The van der Waals surface area contributed by atoms with E-state index in [1.54, 1.807) is 19.2 Å². The van der Waals surface area contributed by atoms with Gasteiger partial charge in [-0.3, -0.25) is 9.59 Å². The molecule has 21 heavy (non-hydrogen) atoms. The number of aryl methyl sites for hydroxylation is 1. The number of hydrogen-bond donors (Lipinski definition) is 0. The van der Waals surface area contributed by atoms with Gasteiger partial charge in [0.25, 0.3) is 5.56 Å². The van der Waals surface area contributed by atoms with E-state index in [2.05, 4.69) is 5.10 Å². The molecule has 2 heterocycles. The smallest absolute Gasteiger partial charge is 0.276 e. The molecule has 1 aromatic carbocycles. The van der Waals surface area contributed by atoms with Crippen LogP contribution in [0.5, 0.6) is 0 Å². The molecule has 3 aromatic rings. The summed E-state index contributed by atoms with van der Waals surface area (Å²) in [4.78, 5) is 24.4. The van der Waals surface area contributed by atoms with E-state index in [1.165, 1.54) is 39.5 Å². The molecular weight excluding hydrogens is 273 g/mol. The summed E-state index contributed by atoms with van der Waals surface area (Å²) >= 11 is 0. The lowest BCUT2D eigenvalue weighted by molar-refractivity contribution is 0.0971. The van der Waals surface area contributed by atoms with Gasteiger partial charge in [0.1, 0.15) is 11.3 Å². The summed E-state index contributed by atoms with van der Waals surface area (Å²) in [5.74, 6) is -0.655. The van der Waals surface area contributed by atoms with E-state index in [0.29, 0.717) is 11.1 Å². The summed E-state index contributed by atoms with van der Waals surface area (Å²) in [6, 6.07) is 6.93. The zero-order chi connectivity index (χ0) is 15.0. The first-order valence-corrected chi connectivity index (χ1v) is 6.39. The van der Waals surface area contributed by atoms with Crippen LogP contribution in [0, 0.1) is 12.7 Å². The third kappa shape index (κ3) is 2.47. The number of hydrogen-bond acceptors (Lipinski definition) is 3. The molecule has 6 heteroatoms. The van der Waals surface area contributed by atoms with E-state index in [9.17, 15) is 14.0 Å². The van der Waals surface area contributed by atoms with Gasteiger partial charge in [-0.05, 0) is 37.3 Å². The Morgan fingerprint density at radius 1 is 1.24 bits per heavy atom. The van der Waals surface area contributed by atoms with Crippen molar-refractivity contribution in [3.05, 3.63) is 70.2 Å². The van der Waals surface area contributed by atoms with Gasteiger partial charge in [0.05, 0.1) is 12.2 Å². The van der Waals surface area contributed by atoms with E-state index < -0.39 is 5.82 Å².